The van der Waals surface area contributed by atoms with Crippen molar-refractivity contribution in [3.63, 3.8) is 0 Å². The molecule has 3 heteroatoms. The zero-order valence-corrected chi connectivity index (χ0v) is 11.3. The van der Waals surface area contributed by atoms with E-state index >= 15 is 0 Å². The van der Waals surface area contributed by atoms with Gasteiger partial charge in [-0.05, 0) is 49.4 Å². The van der Waals surface area contributed by atoms with Crippen LogP contribution in [0.25, 0.3) is 0 Å². The minimum Gasteiger partial charge on any atom is -0.324 e. The maximum absolute atomic E-state index is 6.18. The van der Waals surface area contributed by atoms with Crippen LogP contribution in [0.15, 0.2) is 29.8 Å². The Bertz CT molecular complexity index is 426. The highest BCUT2D eigenvalue weighted by molar-refractivity contribution is 6.33. The minimum atomic E-state index is 0.199. The fourth-order valence-electron chi connectivity index (χ4n) is 2.27. The first-order valence-corrected chi connectivity index (χ1v) is 6.80. The number of hydrogen-bond acceptors (Lipinski definition) is 1. The quantitative estimate of drug-likeness (QED) is 0.794. The van der Waals surface area contributed by atoms with Crippen molar-refractivity contribution in [1.82, 2.24) is 0 Å². The molecule has 2 N–H and O–H groups in total. The molecule has 0 amide bonds. The standard InChI is InChI=1S/C14H17Cl2N/c15-12-5-6-14(16)11(9-12)7-10-3-1-2-4-13(17)8-10/h5-6,8-9,13H,1-4,7,17H2. The zero-order valence-electron chi connectivity index (χ0n) is 9.76. The number of allylic oxidation sites excluding steroid dienone is 1. The van der Waals surface area contributed by atoms with Crippen LogP contribution < -0.4 is 5.73 Å². The third-order valence-electron chi connectivity index (χ3n) is 3.16. The van der Waals surface area contributed by atoms with E-state index in [-0.39, 0.29) is 6.04 Å². The van der Waals surface area contributed by atoms with E-state index in [1.54, 1.807) is 0 Å². The van der Waals surface area contributed by atoms with Crippen molar-refractivity contribution in [2.24, 2.45) is 5.73 Å². The summed E-state index contributed by atoms with van der Waals surface area (Å²) in [5, 5.41) is 1.52. The first-order chi connectivity index (χ1) is 8.15. The van der Waals surface area contributed by atoms with Gasteiger partial charge < -0.3 is 5.73 Å². The van der Waals surface area contributed by atoms with Gasteiger partial charge in [-0.25, -0.2) is 0 Å². The average Bonchev–Trinajstić information content (AvgIpc) is 2.48. The molecule has 0 spiro atoms. The highest BCUT2D eigenvalue weighted by atomic mass is 35.5. The molecule has 1 aromatic carbocycles. The molecule has 17 heavy (non-hydrogen) atoms. The lowest BCUT2D eigenvalue weighted by Crippen LogP contribution is -2.16. The lowest BCUT2D eigenvalue weighted by atomic mass is 10.0. The molecule has 1 atom stereocenters. The predicted molar refractivity (Wildman–Crippen MR) is 74.7 cm³/mol. The maximum Gasteiger partial charge on any atom is 0.0442 e. The Labute approximate surface area is 113 Å². The van der Waals surface area contributed by atoms with E-state index in [0.717, 1.165) is 34.9 Å². The molecule has 0 heterocycles. The van der Waals surface area contributed by atoms with Crippen LogP contribution in [0, 0.1) is 0 Å². The van der Waals surface area contributed by atoms with Crippen molar-refractivity contribution in [2.75, 3.05) is 0 Å². The summed E-state index contributed by atoms with van der Waals surface area (Å²) in [6.45, 7) is 0. The topological polar surface area (TPSA) is 26.0 Å². The normalized spacial score (nSPS) is 20.9. The summed E-state index contributed by atoms with van der Waals surface area (Å²) in [5.74, 6) is 0. The van der Waals surface area contributed by atoms with Gasteiger partial charge in [0, 0.05) is 16.1 Å². The van der Waals surface area contributed by atoms with Crippen molar-refractivity contribution in [2.45, 2.75) is 38.1 Å². The van der Waals surface area contributed by atoms with Gasteiger partial charge in [0.05, 0.1) is 0 Å². The fourth-order valence-corrected chi connectivity index (χ4v) is 2.65. The largest absolute Gasteiger partial charge is 0.324 e. The van der Waals surface area contributed by atoms with E-state index in [1.807, 2.05) is 18.2 Å². The first-order valence-electron chi connectivity index (χ1n) is 6.04. The zero-order chi connectivity index (χ0) is 12.3. The van der Waals surface area contributed by atoms with Crippen LogP contribution in [0.2, 0.25) is 10.0 Å². The molecule has 1 aromatic rings. The number of benzene rings is 1. The summed E-state index contributed by atoms with van der Waals surface area (Å²) < 4.78 is 0. The second-order valence-corrected chi connectivity index (χ2v) is 5.49. The van der Waals surface area contributed by atoms with Crippen LogP contribution in [-0.2, 0) is 6.42 Å². The lowest BCUT2D eigenvalue weighted by molar-refractivity contribution is 0.654. The number of hydrogen-bond donors (Lipinski definition) is 1. The van der Waals surface area contributed by atoms with E-state index in [1.165, 1.54) is 18.4 Å². The SMILES string of the molecule is NC1C=C(Cc2cc(Cl)ccc2Cl)CCCC1. The Morgan fingerprint density at radius 1 is 1.24 bits per heavy atom. The van der Waals surface area contributed by atoms with E-state index in [2.05, 4.69) is 6.08 Å². The third-order valence-corrected chi connectivity index (χ3v) is 3.76. The summed E-state index contributed by atoms with van der Waals surface area (Å²) in [7, 11) is 0. The van der Waals surface area contributed by atoms with Crippen LogP contribution in [0.3, 0.4) is 0 Å². The molecule has 92 valence electrons. The summed E-state index contributed by atoms with van der Waals surface area (Å²) in [4.78, 5) is 0. The van der Waals surface area contributed by atoms with Crippen molar-refractivity contribution >= 4 is 23.2 Å². The lowest BCUT2D eigenvalue weighted by Gasteiger charge is -2.09. The van der Waals surface area contributed by atoms with Crippen molar-refractivity contribution < 1.29 is 0 Å². The van der Waals surface area contributed by atoms with Crippen LogP contribution in [-0.4, -0.2) is 6.04 Å². The smallest absolute Gasteiger partial charge is 0.0442 e. The summed E-state index contributed by atoms with van der Waals surface area (Å²) in [5.41, 5.74) is 8.50. The maximum atomic E-state index is 6.18. The van der Waals surface area contributed by atoms with Gasteiger partial charge >= 0.3 is 0 Å². The Balaban J connectivity index is 2.16. The van der Waals surface area contributed by atoms with E-state index < -0.39 is 0 Å². The molecule has 2 rings (SSSR count). The Hall–Kier alpha value is -0.500. The van der Waals surface area contributed by atoms with Crippen molar-refractivity contribution in [1.29, 1.82) is 0 Å². The van der Waals surface area contributed by atoms with E-state index in [4.69, 9.17) is 28.9 Å². The van der Waals surface area contributed by atoms with Crippen LogP contribution >= 0.6 is 23.2 Å². The molecule has 1 aliphatic carbocycles. The van der Waals surface area contributed by atoms with Crippen LogP contribution in [0.1, 0.15) is 31.2 Å². The summed E-state index contributed by atoms with van der Waals surface area (Å²) in [6, 6.07) is 5.82. The Morgan fingerprint density at radius 3 is 2.88 bits per heavy atom. The number of halogens is 2. The molecule has 1 aliphatic rings. The highest BCUT2D eigenvalue weighted by Crippen LogP contribution is 2.26. The molecule has 0 saturated heterocycles. The van der Waals surface area contributed by atoms with Gasteiger partial charge in [0.2, 0.25) is 0 Å². The molecular weight excluding hydrogens is 253 g/mol. The minimum absolute atomic E-state index is 0.199. The van der Waals surface area contributed by atoms with Gasteiger partial charge in [-0.1, -0.05) is 41.3 Å². The summed E-state index contributed by atoms with van der Waals surface area (Å²) in [6.07, 6.45) is 7.71. The van der Waals surface area contributed by atoms with Gasteiger partial charge in [-0.15, -0.1) is 0 Å². The average molecular weight is 270 g/mol. The second-order valence-electron chi connectivity index (χ2n) is 4.65. The van der Waals surface area contributed by atoms with Crippen molar-refractivity contribution in [3.05, 3.63) is 45.5 Å². The molecule has 0 aromatic heterocycles. The van der Waals surface area contributed by atoms with E-state index in [9.17, 15) is 0 Å². The first kappa shape index (κ1) is 12.9. The highest BCUT2D eigenvalue weighted by Gasteiger charge is 2.10. The second kappa shape index (κ2) is 5.90. The fraction of sp³-hybridized carbons (Fsp3) is 0.429. The number of rotatable bonds is 2. The van der Waals surface area contributed by atoms with Gasteiger partial charge in [0.1, 0.15) is 0 Å². The van der Waals surface area contributed by atoms with Gasteiger partial charge in [-0.3, -0.25) is 0 Å². The molecule has 0 fully saturated rings. The van der Waals surface area contributed by atoms with Gasteiger partial charge in [0.25, 0.3) is 0 Å². The molecule has 1 unspecified atom stereocenters. The Morgan fingerprint density at radius 2 is 2.06 bits per heavy atom. The van der Waals surface area contributed by atoms with Gasteiger partial charge in [-0.2, -0.15) is 0 Å². The molecule has 0 radical (unpaired) electrons. The van der Waals surface area contributed by atoms with Crippen LogP contribution in [0.5, 0.6) is 0 Å². The Kier molecular flexibility index (Phi) is 4.49. The summed E-state index contributed by atoms with van der Waals surface area (Å²) >= 11 is 12.2. The van der Waals surface area contributed by atoms with Gasteiger partial charge in [0.15, 0.2) is 0 Å². The van der Waals surface area contributed by atoms with E-state index in [0.29, 0.717) is 0 Å². The van der Waals surface area contributed by atoms with Crippen LogP contribution in [0.4, 0.5) is 0 Å². The molecule has 1 nitrogen and oxygen atoms in total. The molecule has 0 bridgehead atoms. The third kappa shape index (κ3) is 3.74. The molecule has 0 saturated carbocycles. The predicted octanol–water partition coefficient (Wildman–Crippen LogP) is 4.36. The molecular formula is C14H17Cl2N. The molecule has 0 aliphatic heterocycles. The number of nitrogens with two attached hydrogens (primary N) is 1. The van der Waals surface area contributed by atoms with Crippen molar-refractivity contribution in [3.8, 4) is 0 Å². The monoisotopic (exact) mass is 269 g/mol.